The minimum atomic E-state index is -0.306. The summed E-state index contributed by atoms with van der Waals surface area (Å²) >= 11 is 0. The average molecular weight is 455 g/mol. The number of benzene rings is 2. The zero-order valence-corrected chi connectivity index (χ0v) is 19.1. The van der Waals surface area contributed by atoms with Crippen molar-refractivity contribution in [1.29, 1.82) is 0 Å². The smallest absolute Gasteiger partial charge is 0.129 e. The molecular weight excluding hydrogens is 427 g/mol. The lowest BCUT2D eigenvalue weighted by atomic mass is 9.94. The predicted molar refractivity (Wildman–Crippen MR) is 132 cm³/mol. The molecule has 5 nitrogen and oxygen atoms in total. The van der Waals surface area contributed by atoms with E-state index in [0.29, 0.717) is 5.75 Å². The largest absolute Gasteiger partial charge is 0.496 e. The van der Waals surface area contributed by atoms with Gasteiger partial charge in [0, 0.05) is 56.4 Å². The van der Waals surface area contributed by atoms with Gasteiger partial charge in [0.2, 0.25) is 0 Å². The first kappa shape index (κ1) is 22.0. The van der Waals surface area contributed by atoms with Crippen LogP contribution in [-0.2, 0) is 0 Å². The molecule has 1 fully saturated rings. The molecule has 2 aromatic carbocycles. The average Bonchev–Trinajstić information content (AvgIpc) is 2.91. The van der Waals surface area contributed by atoms with Crippen LogP contribution in [0.25, 0.3) is 11.1 Å². The topological polar surface area (TPSA) is 41.5 Å². The summed E-state index contributed by atoms with van der Waals surface area (Å²) in [7, 11) is 1.57. The molecule has 6 heteroatoms. The van der Waals surface area contributed by atoms with Gasteiger partial charge in [0.1, 0.15) is 17.4 Å². The van der Waals surface area contributed by atoms with Crippen LogP contribution in [0.4, 0.5) is 10.2 Å². The molecule has 1 unspecified atom stereocenters. The maximum Gasteiger partial charge on any atom is 0.129 e. The van der Waals surface area contributed by atoms with E-state index in [-0.39, 0.29) is 11.9 Å². The minimum Gasteiger partial charge on any atom is -0.496 e. The van der Waals surface area contributed by atoms with E-state index in [9.17, 15) is 4.39 Å². The van der Waals surface area contributed by atoms with Crippen LogP contribution in [0.3, 0.4) is 0 Å². The third kappa shape index (κ3) is 4.63. The number of anilines is 1. The lowest BCUT2D eigenvalue weighted by molar-refractivity contribution is 0.212. The second-order valence-electron chi connectivity index (χ2n) is 8.36. The van der Waals surface area contributed by atoms with Crippen molar-refractivity contribution in [2.75, 3.05) is 38.2 Å². The zero-order valence-electron chi connectivity index (χ0n) is 19.1. The Balaban J connectivity index is 1.41. The standard InChI is InChI=1S/C28H27FN4O/c1-34-26-20-24(29)9-10-25(26)21-5-7-22(8-6-21)28(23-11-14-30-15-12-23)33-18-16-32(17-19-33)27-4-2-3-13-31-27/h2-15,20,28H,16-19H2,1H3. The van der Waals surface area contributed by atoms with Crippen LogP contribution in [0.2, 0.25) is 0 Å². The SMILES string of the molecule is COc1cc(F)ccc1-c1ccc(C(c2ccncc2)N2CCN(c3ccccn3)CC2)cc1. The molecule has 0 amide bonds. The van der Waals surface area contributed by atoms with Gasteiger partial charge in [-0.1, -0.05) is 30.3 Å². The van der Waals surface area contributed by atoms with E-state index in [1.807, 2.05) is 30.7 Å². The normalized spacial score (nSPS) is 15.2. The van der Waals surface area contributed by atoms with E-state index in [1.54, 1.807) is 13.2 Å². The van der Waals surface area contributed by atoms with Crippen LogP contribution in [0.15, 0.2) is 91.4 Å². The summed E-state index contributed by atoms with van der Waals surface area (Å²) in [6, 6.07) is 23.5. The van der Waals surface area contributed by atoms with Crippen molar-refractivity contribution in [2.45, 2.75) is 6.04 Å². The summed E-state index contributed by atoms with van der Waals surface area (Å²) in [5.41, 5.74) is 4.30. The summed E-state index contributed by atoms with van der Waals surface area (Å²) in [6.45, 7) is 3.70. The highest BCUT2D eigenvalue weighted by Gasteiger charge is 2.27. The summed E-state index contributed by atoms with van der Waals surface area (Å²) in [6.07, 6.45) is 5.55. The van der Waals surface area contributed by atoms with Gasteiger partial charge in [0.15, 0.2) is 0 Å². The number of rotatable bonds is 6. The highest BCUT2D eigenvalue weighted by molar-refractivity contribution is 5.70. The second kappa shape index (κ2) is 10.0. The molecule has 0 aliphatic carbocycles. The summed E-state index contributed by atoms with van der Waals surface area (Å²) < 4.78 is 19.1. The number of ether oxygens (including phenoxy) is 1. The molecule has 172 valence electrons. The van der Waals surface area contributed by atoms with E-state index in [0.717, 1.165) is 43.1 Å². The third-order valence-electron chi connectivity index (χ3n) is 6.38. The Morgan fingerprint density at radius 3 is 2.24 bits per heavy atom. The molecule has 0 spiro atoms. The molecule has 5 rings (SSSR count). The maximum absolute atomic E-state index is 13.7. The van der Waals surface area contributed by atoms with Crippen molar-refractivity contribution in [3.63, 3.8) is 0 Å². The van der Waals surface area contributed by atoms with Crippen molar-refractivity contribution in [3.8, 4) is 16.9 Å². The zero-order chi connectivity index (χ0) is 23.3. The lowest BCUT2D eigenvalue weighted by Crippen LogP contribution is -2.48. The van der Waals surface area contributed by atoms with Crippen LogP contribution in [0.5, 0.6) is 5.75 Å². The fraction of sp³-hybridized carbons (Fsp3) is 0.214. The third-order valence-corrected chi connectivity index (χ3v) is 6.38. The highest BCUT2D eigenvalue weighted by atomic mass is 19.1. The Morgan fingerprint density at radius 1 is 0.824 bits per heavy atom. The molecule has 3 heterocycles. The van der Waals surface area contributed by atoms with Gasteiger partial charge < -0.3 is 9.64 Å². The molecule has 2 aromatic heterocycles. The molecule has 0 radical (unpaired) electrons. The molecule has 1 saturated heterocycles. The Labute approximate surface area is 199 Å². The number of halogens is 1. The molecule has 0 bridgehead atoms. The summed E-state index contributed by atoms with van der Waals surface area (Å²) in [4.78, 5) is 13.6. The minimum absolute atomic E-state index is 0.123. The number of piperazine rings is 1. The fourth-order valence-corrected chi connectivity index (χ4v) is 4.66. The van der Waals surface area contributed by atoms with Gasteiger partial charge in [0.25, 0.3) is 0 Å². The predicted octanol–water partition coefficient (Wildman–Crippen LogP) is 5.20. The molecule has 1 aliphatic heterocycles. The molecule has 34 heavy (non-hydrogen) atoms. The monoisotopic (exact) mass is 454 g/mol. The lowest BCUT2D eigenvalue weighted by Gasteiger charge is -2.40. The van der Waals surface area contributed by atoms with Gasteiger partial charge in [0.05, 0.1) is 13.2 Å². The number of hydrogen-bond acceptors (Lipinski definition) is 5. The maximum atomic E-state index is 13.7. The van der Waals surface area contributed by atoms with Crippen LogP contribution in [0.1, 0.15) is 17.2 Å². The van der Waals surface area contributed by atoms with Crippen molar-refractivity contribution in [3.05, 3.63) is 108 Å². The Bertz CT molecular complexity index is 1210. The Hall–Kier alpha value is -3.77. The van der Waals surface area contributed by atoms with Gasteiger partial charge in [-0.05, 0) is 53.1 Å². The highest BCUT2D eigenvalue weighted by Crippen LogP contribution is 2.34. The summed E-state index contributed by atoms with van der Waals surface area (Å²) in [5, 5.41) is 0. The second-order valence-corrected chi connectivity index (χ2v) is 8.36. The Morgan fingerprint density at radius 2 is 1.56 bits per heavy atom. The number of hydrogen-bond donors (Lipinski definition) is 0. The van der Waals surface area contributed by atoms with Crippen molar-refractivity contribution >= 4 is 5.82 Å². The number of methoxy groups -OCH3 is 1. The molecule has 1 atom stereocenters. The van der Waals surface area contributed by atoms with Crippen LogP contribution >= 0.6 is 0 Å². The Kier molecular flexibility index (Phi) is 6.49. The molecule has 0 saturated carbocycles. The van der Waals surface area contributed by atoms with E-state index in [2.05, 4.69) is 62.2 Å². The van der Waals surface area contributed by atoms with Gasteiger partial charge in [-0.3, -0.25) is 9.88 Å². The van der Waals surface area contributed by atoms with Crippen molar-refractivity contribution in [2.24, 2.45) is 0 Å². The van der Waals surface area contributed by atoms with Crippen LogP contribution in [-0.4, -0.2) is 48.2 Å². The van der Waals surface area contributed by atoms with Crippen LogP contribution in [0, 0.1) is 5.82 Å². The number of pyridine rings is 2. The quantitative estimate of drug-likeness (QED) is 0.400. The van der Waals surface area contributed by atoms with Crippen molar-refractivity contribution < 1.29 is 9.13 Å². The van der Waals surface area contributed by atoms with Gasteiger partial charge in [-0.15, -0.1) is 0 Å². The van der Waals surface area contributed by atoms with E-state index < -0.39 is 0 Å². The van der Waals surface area contributed by atoms with E-state index in [4.69, 9.17) is 4.74 Å². The molecule has 0 N–H and O–H groups in total. The summed E-state index contributed by atoms with van der Waals surface area (Å²) in [5.74, 6) is 1.25. The van der Waals surface area contributed by atoms with Crippen molar-refractivity contribution in [1.82, 2.24) is 14.9 Å². The fourth-order valence-electron chi connectivity index (χ4n) is 4.66. The van der Waals surface area contributed by atoms with E-state index >= 15 is 0 Å². The van der Waals surface area contributed by atoms with Gasteiger partial charge >= 0.3 is 0 Å². The number of nitrogens with zero attached hydrogens (tertiary/aromatic N) is 4. The van der Waals surface area contributed by atoms with Gasteiger partial charge in [-0.25, -0.2) is 9.37 Å². The number of aromatic nitrogens is 2. The van der Waals surface area contributed by atoms with E-state index in [1.165, 1.54) is 23.3 Å². The van der Waals surface area contributed by atoms with Gasteiger partial charge in [-0.2, -0.15) is 0 Å². The van der Waals surface area contributed by atoms with Crippen LogP contribution < -0.4 is 9.64 Å². The molecular formula is C28H27FN4O. The first-order valence-electron chi connectivity index (χ1n) is 11.5. The first-order chi connectivity index (χ1) is 16.7. The molecule has 1 aliphatic rings. The molecule has 4 aromatic rings. The first-order valence-corrected chi connectivity index (χ1v) is 11.5.